The number of rotatable bonds is 3. The average molecular weight is 266 g/mol. The number of hydrogen-bond donors (Lipinski definition) is 0. The summed E-state index contributed by atoms with van der Waals surface area (Å²) in [6, 6.07) is 10.3. The smallest absolute Gasteiger partial charge is 0.167 e. The van der Waals surface area contributed by atoms with E-state index in [-0.39, 0.29) is 5.78 Å². The van der Waals surface area contributed by atoms with E-state index in [1.165, 1.54) is 27.8 Å². The number of benzene rings is 2. The van der Waals surface area contributed by atoms with Crippen LogP contribution in [0, 0.1) is 34.6 Å². The van der Waals surface area contributed by atoms with Crippen LogP contribution in [0.4, 0.5) is 0 Å². The van der Waals surface area contributed by atoms with Crippen LogP contribution in [0.2, 0.25) is 0 Å². The van der Waals surface area contributed by atoms with Crippen LogP contribution in [0.15, 0.2) is 30.3 Å². The molecule has 0 radical (unpaired) electrons. The lowest BCUT2D eigenvalue weighted by Gasteiger charge is -2.12. The van der Waals surface area contributed by atoms with Gasteiger partial charge in [0, 0.05) is 12.0 Å². The number of Topliss-reactive ketones (excluding diaryl/α,β-unsaturated/α-hetero) is 1. The normalized spacial score (nSPS) is 10.7. The Hall–Kier alpha value is -1.89. The summed E-state index contributed by atoms with van der Waals surface area (Å²) in [5.41, 5.74) is 7.94. The summed E-state index contributed by atoms with van der Waals surface area (Å²) in [4.78, 5) is 12.5. The Balaban J connectivity index is 2.33. The molecule has 0 aromatic heterocycles. The van der Waals surface area contributed by atoms with Crippen LogP contribution in [0.3, 0.4) is 0 Å². The maximum atomic E-state index is 12.5. The van der Waals surface area contributed by atoms with Gasteiger partial charge in [0.1, 0.15) is 0 Å². The highest BCUT2D eigenvalue weighted by Gasteiger charge is 2.13. The summed E-state index contributed by atoms with van der Waals surface area (Å²) in [7, 11) is 0. The van der Waals surface area contributed by atoms with Crippen molar-refractivity contribution in [1.82, 2.24) is 0 Å². The molecule has 0 fully saturated rings. The van der Waals surface area contributed by atoms with Crippen molar-refractivity contribution in [2.24, 2.45) is 0 Å². The van der Waals surface area contributed by atoms with E-state index in [9.17, 15) is 4.79 Å². The molecule has 104 valence electrons. The van der Waals surface area contributed by atoms with E-state index in [0.717, 1.165) is 11.1 Å². The van der Waals surface area contributed by atoms with E-state index in [1.54, 1.807) is 0 Å². The van der Waals surface area contributed by atoms with Gasteiger partial charge in [0.05, 0.1) is 0 Å². The minimum Gasteiger partial charge on any atom is -0.294 e. The lowest BCUT2D eigenvalue weighted by Crippen LogP contribution is -2.08. The van der Waals surface area contributed by atoms with Gasteiger partial charge in [-0.05, 0) is 56.9 Å². The van der Waals surface area contributed by atoms with Crippen molar-refractivity contribution >= 4 is 5.78 Å². The maximum absolute atomic E-state index is 12.5. The zero-order chi connectivity index (χ0) is 14.9. The highest BCUT2D eigenvalue weighted by atomic mass is 16.1. The molecular weight excluding hydrogens is 244 g/mol. The number of aryl methyl sites for hydroxylation is 5. The fourth-order valence-electron chi connectivity index (χ4n) is 2.87. The lowest BCUT2D eigenvalue weighted by molar-refractivity contribution is 0.0992. The second-order valence-electron chi connectivity index (χ2n) is 5.80. The van der Waals surface area contributed by atoms with Crippen LogP contribution in [0.5, 0.6) is 0 Å². The molecule has 0 aliphatic rings. The molecule has 0 bridgehead atoms. The molecule has 0 heterocycles. The third-order valence-electron chi connectivity index (χ3n) is 3.86. The van der Waals surface area contributed by atoms with E-state index in [4.69, 9.17) is 0 Å². The van der Waals surface area contributed by atoms with Crippen LogP contribution < -0.4 is 0 Å². The van der Waals surface area contributed by atoms with Crippen molar-refractivity contribution in [3.63, 3.8) is 0 Å². The Kier molecular flexibility index (Phi) is 4.08. The molecule has 0 aliphatic heterocycles. The molecule has 2 aromatic rings. The molecule has 2 rings (SSSR count). The van der Waals surface area contributed by atoms with Gasteiger partial charge in [0.15, 0.2) is 5.78 Å². The first-order chi connectivity index (χ1) is 9.38. The van der Waals surface area contributed by atoms with Gasteiger partial charge in [-0.3, -0.25) is 4.79 Å². The molecule has 2 aromatic carbocycles. The quantitative estimate of drug-likeness (QED) is 0.739. The fraction of sp³-hybridized carbons (Fsp3) is 0.316. The van der Waals surface area contributed by atoms with Crippen molar-refractivity contribution < 1.29 is 4.79 Å². The number of carbonyl (C=O) groups is 1. The van der Waals surface area contributed by atoms with Crippen molar-refractivity contribution in [2.45, 2.75) is 41.0 Å². The molecule has 0 unspecified atom stereocenters. The molecule has 0 spiro atoms. The minimum absolute atomic E-state index is 0.206. The van der Waals surface area contributed by atoms with E-state index in [0.29, 0.717) is 6.42 Å². The fourth-order valence-corrected chi connectivity index (χ4v) is 2.87. The SMILES string of the molecule is Cc1ccc(C(=O)Cc2c(C)cc(C)cc2C)c(C)c1. The summed E-state index contributed by atoms with van der Waals surface area (Å²) in [6.45, 7) is 10.3. The highest BCUT2D eigenvalue weighted by molar-refractivity contribution is 5.99. The van der Waals surface area contributed by atoms with Gasteiger partial charge in [-0.1, -0.05) is 41.5 Å². The van der Waals surface area contributed by atoms with Gasteiger partial charge in [0.25, 0.3) is 0 Å². The van der Waals surface area contributed by atoms with Crippen LogP contribution in [0.1, 0.15) is 43.7 Å². The first-order valence-corrected chi connectivity index (χ1v) is 7.05. The Morgan fingerprint density at radius 3 is 1.90 bits per heavy atom. The Labute approximate surface area is 121 Å². The second kappa shape index (κ2) is 5.62. The van der Waals surface area contributed by atoms with Crippen LogP contribution in [-0.4, -0.2) is 5.78 Å². The number of carbonyl (C=O) groups excluding carboxylic acids is 1. The summed E-state index contributed by atoms with van der Waals surface area (Å²) in [6.07, 6.45) is 0.488. The molecule has 0 saturated carbocycles. The van der Waals surface area contributed by atoms with E-state index in [2.05, 4.69) is 45.9 Å². The highest BCUT2D eigenvalue weighted by Crippen LogP contribution is 2.20. The second-order valence-corrected chi connectivity index (χ2v) is 5.80. The number of ketones is 1. The van der Waals surface area contributed by atoms with Gasteiger partial charge in [0.2, 0.25) is 0 Å². The van der Waals surface area contributed by atoms with Crippen LogP contribution in [-0.2, 0) is 6.42 Å². The van der Waals surface area contributed by atoms with Crippen LogP contribution in [0.25, 0.3) is 0 Å². The third kappa shape index (κ3) is 2.98. The van der Waals surface area contributed by atoms with Gasteiger partial charge in [-0.15, -0.1) is 0 Å². The van der Waals surface area contributed by atoms with E-state index < -0.39 is 0 Å². The van der Waals surface area contributed by atoms with Crippen LogP contribution >= 0.6 is 0 Å². The van der Waals surface area contributed by atoms with E-state index in [1.807, 2.05) is 19.1 Å². The summed E-state index contributed by atoms with van der Waals surface area (Å²) in [5, 5.41) is 0. The molecule has 0 N–H and O–H groups in total. The summed E-state index contributed by atoms with van der Waals surface area (Å²) >= 11 is 0. The van der Waals surface area contributed by atoms with Crippen molar-refractivity contribution in [1.29, 1.82) is 0 Å². The summed E-state index contributed by atoms with van der Waals surface area (Å²) in [5.74, 6) is 0.206. The molecule has 0 aliphatic carbocycles. The average Bonchev–Trinajstić information content (AvgIpc) is 2.33. The first-order valence-electron chi connectivity index (χ1n) is 7.05. The lowest BCUT2D eigenvalue weighted by atomic mass is 9.92. The zero-order valence-corrected chi connectivity index (χ0v) is 13.0. The molecular formula is C19H22O. The monoisotopic (exact) mass is 266 g/mol. The van der Waals surface area contributed by atoms with Crippen molar-refractivity contribution in [3.05, 3.63) is 69.3 Å². The number of hydrogen-bond acceptors (Lipinski definition) is 1. The predicted molar refractivity (Wildman–Crippen MR) is 84.6 cm³/mol. The topological polar surface area (TPSA) is 17.1 Å². The molecule has 0 amide bonds. The first kappa shape index (κ1) is 14.5. The molecule has 0 saturated heterocycles. The van der Waals surface area contributed by atoms with Gasteiger partial charge in [-0.25, -0.2) is 0 Å². The van der Waals surface area contributed by atoms with Gasteiger partial charge in [-0.2, -0.15) is 0 Å². The van der Waals surface area contributed by atoms with Crippen molar-refractivity contribution in [3.8, 4) is 0 Å². The predicted octanol–water partition coefficient (Wildman–Crippen LogP) is 4.65. The Bertz CT molecular complexity index is 642. The van der Waals surface area contributed by atoms with E-state index >= 15 is 0 Å². The van der Waals surface area contributed by atoms with Gasteiger partial charge < -0.3 is 0 Å². The van der Waals surface area contributed by atoms with Crippen molar-refractivity contribution in [2.75, 3.05) is 0 Å². The standard InChI is InChI=1S/C19H22O/c1-12-6-7-17(14(3)8-12)19(20)11-18-15(4)9-13(2)10-16(18)5/h6-10H,11H2,1-5H3. The minimum atomic E-state index is 0.206. The largest absolute Gasteiger partial charge is 0.294 e. The zero-order valence-electron chi connectivity index (χ0n) is 13.0. The molecule has 1 nitrogen and oxygen atoms in total. The Morgan fingerprint density at radius 1 is 0.800 bits per heavy atom. The van der Waals surface area contributed by atoms with Gasteiger partial charge >= 0.3 is 0 Å². The molecule has 1 heteroatoms. The molecule has 0 atom stereocenters. The Morgan fingerprint density at radius 2 is 1.35 bits per heavy atom. The third-order valence-corrected chi connectivity index (χ3v) is 3.86. The molecule has 20 heavy (non-hydrogen) atoms. The summed E-state index contributed by atoms with van der Waals surface area (Å²) < 4.78 is 0. The maximum Gasteiger partial charge on any atom is 0.167 e.